The minimum Gasteiger partial charge on any atom is -0.0654 e. The van der Waals surface area contributed by atoms with Crippen LogP contribution in [0.25, 0.3) is 11.6 Å². The summed E-state index contributed by atoms with van der Waals surface area (Å²) < 4.78 is 0. The number of unbranched alkanes of at least 4 members (excludes halogenated alkanes) is 1. The van der Waals surface area contributed by atoms with E-state index in [0.717, 1.165) is 0 Å². The molecule has 2 aromatic carbocycles. The first-order chi connectivity index (χ1) is 10.3. The standard InChI is InChI=1S/C21H24/c1-3-4-10-19-14-16-20(17-15-19)11-8-9-18(2)21-12-6-5-7-13-21/h5-9,11-17H,3-4,10H2,1-2H3. The maximum atomic E-state index is 2.24. The van der Waals surface area contributed by atoms with E-state index < -0.39 is 0 Å². The fourth-order valence-electron chi connectivity index (χ4n) is 2.28. The summed E-state index contributed by atoms with van der Waals surface area (Å²) in [4.78, 5) is 0. The van der Waals surface area contributed by atoms with Crippen LogP contribution in [0.3, 0.4) is 0 Å². The topological polar surface area (TPSA) is 0 Å². The molecule has 0 nitrogen and oxygen atoms in total. The van der Waals surface area contributed by atoms with Gasteiger partial charge >= 0.3 is 0 Å². The van der Waals surface area contributed by atoms with E-state index in [0.29, 0.717) is 0 Å². The van der Waals surface area contributed by atoms with Gasteiger partial charge in [0.2, 0.25) is 0 Å². The lowest BCUT2D eigenvalue weighted by molar-refractivity contribution is 0.795. The fraction of sp³-hybridized carbons (Fsp3) is 0.238. The molecule has 108 valence electrons. The van der Waals surface area contributed by atoms with Crippen molar-refractivity contribution in [3.05, 3.63) is 83.4 Å². The lowest BCUT2D eigenvalue weighted by Gasteiger charge is -2.00. The van der Waals surface area contributed by atoms with Crippen molar-refractivity contribution in [1.29, 1.82) is 0 Å². The summed E-state index contributed by atoms with van der Waals surface area (Å²) in [7, 11) is 0. The normalized spacial score (nSPS) is 12.0. The second kappa shape index (κ2) is 8.26. The van der Waals surface area contributed by atoms with E-state index >= 15 is 0 Å². The summed E-state index contributed by atoms with van der Waals surface area (Å²) in [6.45, 7) is 4.38. The number of hydrogen-bond donors (Lipinski definition) is 0. The molecule has 0 aliphatic heterocycles. The van der Waals surface area contributed by atoms with Crippen molar-refractivity contribution in [2.45, 2.75) is 33.1 Å². The van der Waals surface area contributed by atoms with Crippen molar-refractivity contribution < 1.29 is 0 Å². The van der Waals surface area contributed by atoms with Gasteiger partial charge in [0.05, 0.1) is 0 Å². The van der Waals surface area contributed by atoms with Gasteiger partial charge < -0.3 is 0 Å². The zero-order valence-electron chi connectivity index (χ0n) is 13.0. The molecule has 0 aromatic heterocycles. The summed E-state index contributed by atoms with van der Waals surface area (Å²) in [5.41, 5.74) is 5.25. The van der Waals surface area contributed by atoms with Gasteiger partial charge in [-0.15, -0.1) is 0 Å². The summed E-state index contributed by atoms with van der Waals surface area (Å²) in [5, 5.41) is 0. The van der Waals surface area contributed by atoms with Crippen molar-refractivity contribution in [2.75, 3.05) is 0 Å². The van der Waals surface area contributed by atoms with Crippen molar-refractivity contribution in [3.8, 4) is 0 Å². The molecule has 0 aliphatic rings. The second-order valence-corrected chi connectivity index (χ2v) is 5.42. The van der Waals surface area contributed by atoms with Crippen LogP contribution >= 0.6 is 0 Å². The van der Waals surface area contributed by atoms with Crippen LogP contribution in [0.5, 0.6) is 0 Å². The van der Waals surface area contributed by atoms with Gasteiger partial charge in [0, 0.05) is 0 Å². The van der Waals surface area contributed by atoms with E-state index in [2.05, 4.69) is 80.6 Å². The van der Waals surface area contributed by atoms with Crippen molar-refractivity contribution >= 4 is 11.6 Å². The third-order valence-electron chi connectivity index (χ3n) is 3.66. The Morgan fingerprint density at radius 1 is 0.952 bits per heavy atom. The van der Waals surface area contributed by atoms with Crippen LogP contribution < -0.4 is 0 Å². The molecule has 0 fully saturated rings. The second-order valence-electron chi connectivity index (χ2n) is 5.42. The quantitative estimate of drug-likeness (QED) is 0.555. The number of aryl methyl sites for hydroxylation is 1. The van der Waals surface area contributed by atoms with Gasteiger partial charge in [0.15, 0.2) is 0 Å². The lowest BCUT2D eigenvalue weighted by atomic mass is 10.1. The highest BCUT2D eigenvalue weighted by molar-refractivity contribution is 5.67. The molecule has 21 heavy (non-hydrogen) atoms. The van der Waals surface area contributed by atoms with Gasteiger partial charge in [-0.2, -0.15) is 0 Å². The smallest absolute Gasteiger partial charge is 0.0227 e. The molecule has 0 heteroatoms. The molecule has 0 N–H and O–H groups in total. The maximum Gasteiger partial charge on any atom is -0.0227 e. The molecule has 2 rings (SSSR count). The molecular weight excluding hydrogens is 252 g/mol. The van der Waals surface area contributed by atoms with Gasteiger partial charge in [-0.25, -0.2) is 0 Å². The molecule has 0 saturated carbocycles. The van der Waals surface area contributed by atoms with Crippen LogP contribution in [-0.4, -0.2) is 0 Å². The zero-order chi connectivity index (χ0) is 14.9. The Bertz CT molecular complexity index is 586. The van der Waals surface area contributed by atoms with Gasteiger partial charge in [-0.1, -0.05) is 86.2 Å². The largest absolute Gasteiger partial charge is 0.0654 e. The summed E-state index contributed by atoms with van der Waals surface area (Å²) >= 11 is 0. The Hall–Kier alpha value is -2.08. The first-order valence-corrected chi connectivity index (χ1v) is 7.79. The predicted molar refractivity (Wildman–Crippen MR) is 94.2 cm³/mol. The van der Waals surface area contributed by atoms with Crippen LogP contribution in [0.1, 0.15) is 43.4 Å². The van der Waals surface area contributed by atoms with Crippen LogP contribution in [-0.2, 0) is 6.42 Å². The average molecular weight is 276 g/mol. The molecule has 0 radical (unpaired) electrons. The van der Waals surface area contributed by atoms with Gasteiger partial charge in [-0.05, 0) is 42.0 Å². The minimum absolute atomic E-state index is 1.19. The molecule has 0 atom stereocenters. The fourth-order valence-corrected chi connectivity index (χ4v) is 2.28. The summed E-state index contributed by atoms with van der Waals surface area (Å²) in [6, 6.07) is 19.4. The SMILES string of the molecule is CCCCc1ccc(C=CC=C(C)c2ccccc2)cc1. The summed E-state index contributed by atoms with van der Waals surface area (Å²) in [5.74, 6) is 0. The maximum absolute atomic E-state index is 2.24. The number of hydrogen-bond acceptors (Lipinski definition) is 0. The van der Waals surface area contributed by atoms with Crippen molar-refractivity contribution in [1.82, 2.24) is 0 Å². The molecule has 0 heterocycles. The highest BCUT2D eigenvalue weighted by Gasteiger charge is 1.93. The van der Waals surface area contributed by atoms with Gasteiger partial charge in [0.1, 0.15) is 0 Å². The first kappa shape index (κ1) is 15.3. The van der Waals surface area contributed by atoms with E-state index in [9.17, 15) is 0 Å². The Morgan fingerprint density at radius 2 is 1.67 bits per heavy atom. The number of allylic oxidation sites excluding steroid dienone is 3. The molecule has 2 aromatic rings. The van der Waals surface area contributed by atoms with E-state index in [1.165, 1.54) is 41.5 Å². The summed E-state index contributed by atoms with van der Waals surface area (Å²) in [6.07, 6.45) is 10.2. The average Bonchev–Trinajstić information content (AvgIpc) is 2.55. The van der Waals surface area contributed by atoms with E-state index in [-0.39, 0.29) is 0 Å². The van der Waals surface area contributed by atoms with E-state index in [1.807, 2.05) is 6.07 Å². The van der Waals surface area contributed by atoms with Gasteiger partial charge in [-0.3, -0.25) is 0 Å². The highest BCUT2D eigenvalue weighted by Crippen LogP contribution is 2.14. The Morgan fingerprint density at radius 3 is 2.33 bits per heavy atom. The first-order valence-electron chi connectivity index (χ1n) is 7.79. The predicted octanol–water partition coefficient (Wildman–Crippen LogP) is 6.15. The third kappa shape index (κ3) is 5.07. The molecule has 0 unspecified atom stereocenters. The zero-order valence-corrected chi connectivity index (χ0v) is 13.0. The van der Waals surface area contributed by atoms with Crippen LogP contribution in [0.15, 0.2) is 66.7 Å². The van der Waals surface area contributed by atoms with Crippen molar-refractivity contribution in [2.24, 2.45) is 0 Å². The van der Waals surface area contributed by atoms with Gasteiger partial charge in [0.25, 0.3) is 0 Å². The van der Waals surface area contributed by atoms with Crippen molar-refractivity contribution in [3.63, 3.8) is 0 Å². The molecule has 0 bridgehead atoms. The Balaban J connectivity index is 1.98. The van der Waals surface area contributed by atoms with Crippen LogP contribution in [0.4, 0.5) is 0 Å². The lowest BCUT2D eigenvalue weighted by Crippen LogP contribution is -1.84. The van der Waals surface area contributed by atoms with Crippen LogP contribution in [0.2, 0.25) is 0 Å². The number of benzene rings is 2. The molecule has 0 spiro atoms. The molecule has 0 aliphatic carbocycles. The number of rotatable bonds is 6. The highest BCUT2D eigenvalue weighted by atomic mass is 14.0. The van der Waals surface area contributed by atoms with Crippen LogP contribution in [0, 0.1) is 0 Å². The third-order valence-corrected chi connectivity index (χ3v) is 3.66. The molecule has 0 saturated heterocycles. The van der Waals surface area contributed by atoms with E-state index in [1.54, 1.807) is 0 Å². The minimum atomic E-state index is 1.19. The Kier molecular flexibility index (Phi) is 6.02. The molecular formula is C21H24. The molecule has 0 amide bonds. The monoisotopic (exact) mass is 276 g/mol. The van der Waals surface area contributed by atoms with E-state index in [4.69, 9.17) is 0 Å². The Labute approximate surface area is 128 Å².